The van der Waals surface area contributed by atoms with E-state index in [-0.39, 0.29) is 5.91 Å². The van der Waals surface area contributed by atoms with Gasteiger partial charge in [0.25, 0.3) is 0 Å². The van der Waals surface area contributed by atoms with Gasteiger partial charge >= 0.3 is 0 Å². The molecule has 6 heteroatoms. The Hall–Kier alpha value is -2.31. The summed E-state index contributed by atoms with van der Waals surface area (Å²) in [6.07, 6.45) is 4.32. The first kappa shape index (κ1) is 18.1. The Bertz CT molecular complexity index is 765. The summed E-state index contributed by atoms with van der Waals surface area (Å²) in [6, 6.07) is 12.7. The fourth-order valence-corrected chi connectivity index (χ4v) is 4.13. The number of rotatable bonds is 5. The van der Waals surface area contributed by atoms with E-state index in [9.17, 15) is 4.79 Å². The maximum Gasteiger partial charge on any atom is 0.238 e. The number of ether oxygens (including phenoxy) is 1. The van der Waals surface area contributed by atoms with Crippen LogP contribution in [0.5, 0.6) is 0 Å². The van der Waals surface area contributed by atoms with Gasteiger partial charge in [0, 0.05) is 43.4 Å². The van der Waals surface area contributed by atoms with Crippen LogP contribution in [0.1, 0.15) is 24.6 Å². The Kier molecular flexibility index (Phi) is 5.45. The second-order valence-corrected chi connectivity index (χ2v) is 7.37. The van der Waals surface area contributed by atoms with Crippen LogP contribution in [-0.2, 0) is 16.6 Å². The molecule has 1 N–H and O–H groups in total. The molecule has 2 aromatic rings. The second kappa shape index (κ2) is 8.15. The van der Waals surface area contributed by atoms with Crippen LogP contribution < -0.4 is 10.2 Å². The number of hydrogen-bond acceptors (Lipinski definition) is 4. The van der Waals surface area contributed by atoms with Crippen molar-refractivity contribution in [2.75, 3.05) is 49.6 Å². The van der Waals surface area contributed by atoms with Crippen LogP contribution in [0, 0.1) is 0 Å². The molecule has 3 heterocycles. The summed E-state index contributed by atoms with van der Waals surface area (Å²) < 4.78 is 7.56. The van der Waals surface area contributed by atoms with Gasteiger partial charge in [-0.2, -0.15) is 0 Å². The van der Waals surface area contributed by atoms with Crippen molar-refractivity contribution in [2.45, 2.75) is 18.9 Å². The van der Waals surface area contributed by atoms with Crippen molar-refractivity contribution in [1.29, 1.82) is 0 Å². The second-order valence-electron chi connectivity index (χ2n) is 7.37. The van der Waals surface area contributed by atoms with E-state index in [0.29, 0.717) is 12.6 Å². The van der Waals surface area contributed by atoms with Crippen molar-refractivity contribution in [3.8, 4) is 0 Å². The summed E-state index contributed by atoms with van der Waals surface area (Å²) in [4.78, 5) is 17.2. The third-order valence-corrected chi connectivity index (χ3v) is 5.56. The number of hydrogen-bond donors (Lipinski definition) is 1. The van der Waals surface area contributed by atoms with E-state index in [2.05, 4.69) is 57.2 Å². The van der Waals surface area contributed by atoms with Gasteiger partial charge in [-0.3, -0.25) is 9.69 Å². The number of amides is 1. The lowest BCUT2D eigenvalue weighted by atomic mass is 10.1. The van der Waals surface area contributed by atoms with Crippen LogP contribution in [0.15, 0.2) is 42.6 Å². The molecule has 0 spiro atoms. The summed E-state index contributed by atoms with van der Waals surface area (Å²) >= 11 is 0. The van der Waals surface area contributed by atoms with Crippen LogP contribution in [0.25, 0.3) is 0 Å². The Morgan fingerprint density at radius 3 is 2.63 bits per heavy atom. The summed E-state index contributed by atoms with van der Waals surface area (Å²) in [7, 11) is 2.07. The van der Waals surface area contributed by atoms with Crippen LogP contribution in [-0.4, -0.2) is 54.8 Å². The number of morpholine rings is 1. The third kappa shape index (κ3) is 4.17. The fraction of sp³-hybridized carbons (Fsp3) is 0.476. The zero-order chi connectivity index (χ0) is 18.6. The van der Waals surface area contributed by atoms with E-state index in [1.165, 1.54) is 11.4 Å². The maximum absolute atomic E-state index is 12.6. The lowest BCUT2D eigenvalue weighted by Gasteiger charge is -2.29. The molecule has 0 aliphatic carbocycles. The number of aromatic nitrogens is 1. The molecule has 1 atom stereocenters. The van der Waals surface area contributed by atoms with Gasteiger partial charge in [0.1, 0.15) is 0 Å². The molecule has 2 aliphatic heterocycles. The highest BCUT2D eigenvalue weighted by molar-refractivity contribution is 5.92. The van der Waals surface area contributed by atoms with E-state index in [1.807, 2.05) is 12.1 Å². The summed E-state index contributed by atoms with van der Waals surface area (Å²) in [5.74, 6) is 0.0511. The molecule has 1 aromatic carbocycles. The Balaban J connectivity index is 1.34. The molecule has 0 radical (unpaired) electrons. The molecule has 27 heavy (non-hydrogen) atoms. The van der Waals surface area contributed by atoms with Gasteiger partial charge in [-0.05, 0) is 55.8 Å². The quantitative estimate of drug-likeness (QED) is 0.882. The van der Waals surface area contributed by atoms with Crippen molar-refractivity contribution in [2.24, 2.45) is 7.05 Å². The number of nitrogens with zero attached hydrogens (tertiary/aromatic N) is 3. The average Bonchev–Trinajstić information content (AvgIpc) is 3.31. The monoisotopic (exact) mass is 368 g/mol. The van der Waals surface area contributed by atoms with E-state index < -0.39 is 0 Å². The van der Waals surface area contributed by atoms with Crippen molar-refractivity contribution >= 4 is 17.3 Å². The molecule has 1 amide bonds. The van der Waals surface area contributed by atoms with Crippen LogP contribution in [0.4, 0.5) is 11.4 Å². The van der Waals surface area contributed by atoms with Crippen molar-refractivity contribution < 1.29 is 9.53 Å². The minimum absolute atomic E-state index is 0.0511. The predicted molar refractivity (Wildman–Crippen MR) is 107 cm³/mol. The van der Waals surface area contributed by atoms with Gasteiger partial charge in [0.15, 0.2) is 0 Å². The molecule has 0 saturated carbocycles. The van der Waals surface area contributed by atoms with Gasteiger partial charge in [-0.25, -0.2) is 0 Å². The number of likely N-dealkylation sites (tertiary alicyclic amines) is 1. The van der Waals surface area contributed by atoms with Gasteiger partial charge in [0.05, 0.1) is 25.8 Å². The van der Waals surface area contributed by atoms with Crippen LogP contribution in [0.3, 0.4) is 0 Å². The molecule has 1 aromatic heterocycles. The lowest BCUT2D eigenvalue weighted by molar-refractivity contribution is -0.117. The highest BCUT2D eigenvalue weighted by Crippen LogP contribution is 2.31. The normalized spacial score (nSPS) is 20.8. The number of carbonyl (C=O) groups excluding carboxylic acids is 1. The van der Waals surface area contributed by atoms with Gasteiger partial charge < -0.3 is 19.5 Å². The van der Waals surface area contributed by atoms with Crippen molar-refractivity contribution in [3.63, 3.8) is 0 Å². The molecule has 2 fully saturated rings. The van der Waals surface area contributed by atoms with Gasteiger partial charge in [-0.15, -0.1) is 0 Å². The first-order chi connectivity index (χ1) is 13.2. The number of anilines is 2. The van der Waals surface area contributed by atoms with E-state index in [1.54, 1.807) is 0 Å². The largest absolute Gasteiger partial charge is 0.378 e. The van der Waals surface area contributed by atoms with E-state index in [0.717, 1.165) is 51.4 Å². The number of aryl methyl sites for hydroxylation is 1. The van der Waals surface area contributed by atoms with Crippen LogP contribution >= 0.6 is 0 Å². The van der Waals surface area contributed by atoms with Crippen molar-refractivity contribution in [3.05, 3.63) is 48.3 Å². The number of carbonyl (C=O) groups is 1. The molecule has 144 valence electrons. The minimum atomic E-state index is 0.0511. The highest BCUT2D eigenvalue weighted by Gasteiger charge is 2.28. The number of benzene rings is 1. The van der Waals surface area contributed by atoms with Crippen LogP contribution in [0.2, 0.25) is 0 Å². The molecule has 0 bridgehead atoms. The predicted octanol–water partition coefficient (Wildman–Crippen LogP) is 2.64. The third-order valence-electron chi connectivity index (χ3n) is 5.56. The minimum Gasteiger partial charge on any atom is -0.378 e. The number of nitrogens with one attached hydrogen (secondary N) is 1. The van der Waals surface area contributed by atoms with E-state index in [4.69, 9.17) is 4.74 Å². The topological polar surface area (TPSA) is 49.7 Å². The Morgan fingerprint density at radius 2 is 1.93 bits per heavy atom. The molecular weight excluding hydrogens is 340 g/mol. The SMILES string of the molecule is Cn1cccc1[C@@H]1CCCN1CC(=O)Nc1ccc(N2CCOCC2)cc1. The summed E-state index contributed by atoms with van der Waals surface area (Å²) in [6.45, 7) is 4.79. The first-order valence-corrected chi connectivity index (χ1v) is 9.78. The lowest BCUT2D eigenvalue weighted by Crippen LogP contribution is -2.36. The summed E-state index contributed by atoms with van der Waals surface area (Å²) in [5, 5.41) is 3.05. The Morgan fingerprint density at radius 1 is 1.15 bits per heavy atom. The first-order valence-electron chi connectivity index (χ1n) is 9.78. The smallest absolute Gasteiger partial charge is 0.238 e. The van der Waals surface area contributed by atoms with Gasteiger partial charge in [-0.1, -0.05) is 0 Å². The highest BCUT2D eigenvalue weighted by atomic mass is 16.5. The summed E-state index contributed by atoms with van der Waals surface area (Å²) in [5.41, 5.74) is 3.32. The standard InChI is InChI=1S/C21H28N4O2/c1-23-10-2-4-19(23)20-5-3-11-25(20)16-21(26)22-17-6-8-18(9-7-17)24-12-14-27-15-13-24/h2,4,6-10,20H,3,5,11-16H2,1H3,(H,22,26)/t20-/m0/s1. The average molecular weight is 368 g/mol. The van der Waals surface area contributed by atoms with Gasteiger partial charge in [0.2, 0.25) is 5.91 Å². The fourth-order valence-electron chi connectivity index (χ4n) is 4.13. The van der Waals surface area contributed by atoms with Crippen molar-refractivity contribution in [1.82, 2.24) is 9.47 Å². The molecule has 6 nitrogen and oxygen atoms in total. The molecule has 2 saturated heterocycles. The molecule has 4 rings (SSSR count). The molecular formula is C21H28N4O2. The maximum atomic E-state index is 12.6. The molecule has 2 aliphatic rings. The molecule has 0 unspecified atom stereocenters. The zero-order valence-corrected chi connectivity index (χ0v) is 15.9. The van der Waals surface area contributed by atoms with E-state index >= 15 is 0 Å². The Labute approximate surface area is 160 Å². The zero-order valence-electron chi connectivity index (χ0n) is 15.9.